The summed E-state index contributed by atoms with van der Waals surface area (Å²) >= 11 is 0. The molecule has 116 valence electrons. The molecular formula is C18H18F3N. The summed E-state index contributed by atoms with van der Waals surface area (Å²) in [5, 5.41) is 3.25. The van der Waals surface area contributed by atoms with E-state index in [4.69, 9.17) is 0 Å². The highest BCUT2D eigenvalue weighted by Crippen LogP contribution is 2.36. The molecule has 0 atom stereocenters. The molecular weight excluding hydrogens is 287 g/mol. The van der Waals surface area contributed by atoms with Crippen molar-refractivity contribution in [3.05, 3.63) is 59.7 Å². The molecule has 2 aromatic rings. The summed E-state index contributed by atoms with van der Waals surface area (Å²) in [6.07, 6.45) is -2.54. The highest BCUT2D eigenvalue weighted by Gasteiger charge is 2.32. The molecule has 1 heterocycles. The van der Waals surface area contributed by atoms with E-state index in [1.54, 1.807) is 0 Å². The standard InChI is InChI=1S/C18H18F3N/c19-18(20,21)17-11-15(13-4-2-1-3-5-13)10-16(12-17)14-6-8-22-9-7-14/h1-5,10-12,14,22H,6-9H2. The summed E-state index contributed by atoms with van der Waals surface area (Å²) in [5.41, 5.74) is 1.71. The molecule has 0 bridgehead atoms. The van der Waals surface area contributed by atoms with Crippen molar-refractivity contribution in [2.24, 2.45) is 0 Å². The molecule has 4 heteroatoms. The monoisotopic (exact) mass is 305 g/mol. The van der Waals surface area contributed by atoms with Crippen LogP contribution in [-0.4, -0.2) is 13.1 Å². The Morgan fingerprint density at radius 2 is 1.55 bits per heavy atom. The van der Waals surface area contributed by atoms with Crippen LogP contribution in [0.4, 0.5) is 13.2 Å². The minimum atomic E-state index is -4.31. The normalized spacial score (nSPS) is 16.7. The predicted molar refractivity (Wildman–Crippen MR) is 81.7 cm³/mol. The molecule has 0 aromatic heterocycles. The van der Waals surface area contributed by atoms with Gasteiger partial charge in [0.25, 0.3) is 0 Å². The van der Waals surface area contributed by atoms with Gasteiger partial charge in [-0.25, -0.2) is 0 Å². The van der Waals surface area contributed by atoms with E-state index in [0.29, 0.717) is 5.56 Å². The van der Waals surface area contributed by atoms with Crippen LogP contribution in [0.5, 0.6) is 0 Å². The first-order chi connectivity index (χ1) is 10.5. The number of piperidine rings is 1. The van der Waals surface area contributed by atoms with Gasteiger partial charge in [0.05, 0.1) is 5.56 Å². The second kappa shape index (κ2) is 6.13. The largest absolute Gasteiger partial charge is 0.416 e. The number of hydrogen-bond acceptors (Lipinski definition) is 1. The smallest absolute Gasteiger partial charge is 0.317 e. The fourth-order valence-electron chi connectivity index (χ4n) is 3.00. The van der Waals surface area contributed by atoms with Gasteiger partial charge in [0.15, 0.2) is 0 Å². The van der Waals surface area contributed by atoms with E-state index >= 15 is 0 Å². The van der Waals surface area contributed by atoms with Crippen LogP contribution in [0.2, 0.25) is 0 Å². The van der Waals surface area contributed by atoms with Gasteiger partial charge in [0, 0.05) is 0 Å². The molecule has 22 heavy (non-hydrogen) atoms. The van der Waals surface area contributed by atoms with E-state index in [9.17, 15) is 13.2 Å². The van der Waals surface area contributed by atoms with Crippen LogP contribution in [0.15, 0.2) is 48.5 Å². The maximum Gasteiger partial charge on any atom is 0.416 e. The molecule has 1 N–H and O–H groups in total. The van der Waals surface area contributed by atoms with Crippen molar-refractivity contribution in [1.29, 1.82) is 0 Å². The molecule has 1 nitrogen and oxygen atoms in total. The number of hydrogen-bond donors (Lipinski definition) is 1. The SMILES string of the molecule is FC(F)(F)c1cc(-c2ccccc2)cc(C2CCNCC2)c1. The second-order valence-electron chi connectivity index (χ2n) is 5.73. The average molecular weight is 305 g/mol. The molecule has 0 aliphatic carbocycles. The van der Waals surface area contributed by atoms with E-state index in [2.05, 4.69) is 5.32 Å². The number of alkyl halides is 3. The average Bonchev–Trinajstić information content (AvgIpc) is 2.55. The summed E-state index contributed by atoms with van der Waals surface area (Å²) in [7, 11) is 0. The van der Waals surface area contributed by atoms with Gasteiger partial charge in [-0.05, 0) is 60.7 Å². The third-order valence-corrected chi connectivity index (χ3v) is 4.20. The number of rotatable bonds is 2. The zero-order valence-corrected chi connectivity index (χ0v) is 12.2. The van der Waals surface area contributed by atoms with Crippen molar-refractivity contribution in [3.63, 3.8) is 0 Å². The molecule has 1 fully saturated rings. The minimum absolute atomic E-state index is 0.200. The first-order valence-electron chi connectivity index (χ1n) is 7.52. The lowest BCUT2D eigenvalue weighted by Crippen LogP contribution is -2.26. The highest BCUT2D eigenvalue weighted by molar-refractivity contribution is 5.65. The molecule has 1 aliphatic heterocycles. The maximum absolute atomic E-state index is 13.2. The first-order valence-corrected chi connectivity index (χ1v) is 7.52. The Labute approximate surface area is 128 Å². The van der Waals surface area contributed by atoms with Crippen molar-refractivity contribution in [2.45, 2.75) is 24.9 Å². The summed E-state index contributed by atoms with van der Waals surface area (Å²) in [4.78, 5) is 0. The first kappa shape index (κ1) is 15.1. The fourth-order valence-corrected chi connectivity index (χ4v) is 3.00. The fraction of sp³-hybridized carbons (Fsp3) is 0.333. The van der Waals surface area contributed by atoms with Gasteiger partial charge >= 0.3 is 6.18 Å². The van der Waals surface area contributed by atoms with Crippen LogP contribution in [0.25, 0.3) is 11.1 Å². The number of benzene rings is 2. The quantitative estimate of drug-likeness (QED) is 0.837. The van der Waals surface area contributed by atoms with Gasteiger partial charge in [-0.3, -0.25) is 0 Å². The third-order valence-electron chi connectivity index (χ3n) is 4.20. The minimum Gasteiger partial charge on any atom is -0.317 e. The summed E-state index contributed by atoms with van der Waals surface area (Å²) in [5.74, 6) is 0.200. The molecule has 0 saturated carbocycles. The van der Waals surface area contributed by atoms with Gasteiger partial charge in [-0.2, -0.15) is 13.2 Å². The predicted octanol–water partition coefficient (Wildman–Crippen LogP) is 4.84. The molecule has 0 radical (unpaired) electrons. The van der Waals surface area contributed by atoms with Crippen LogP contribution < -0.4 is 5.32 Å². The molecule has 0 spiro atoms. The van der Waals surface area contributed by atoms with Gasteiger partial charge in [0.2, 0.25) is 0 Å². The van der Waals surface area contributed by atoms with Crippen molar-refractivity contribution in [2.75, 3.05) is 13.1 Å². The lowest BCUT2D eigenvalue weighted by molar-refractivity contribution is -0.137. The van der Waals surface area contributed by atoms with Crippen molar-refractivity contribution >= 4 is 0 Å². The zero-order valence-electron chi connectivity index (χ0n) is 12.2. The number of halogens is 3. The number of nitrogens with one attached hydrogen (secondary N) is 1. The van der Waals surface area contributed by atoms with Gasteiger partial charge in [-0.15, -0.1) is 0 Å². The lowest BCUT2D eigenvalue weighted by Gasteiger charge is -2.24. The van der Waals surface area contributed by atoms with E-state index in [0.717, 1.165) is 37.1 Å². The lowest BCUT2D eigenvalue weighted by atomic mass is 9.87. The molecule has 0 amide bonds. The van der Waals surface area contributed by atoms with Crippen molar-refractivity contribution in [3.8, 4) is 11.1 Å². The summed E-state index contributed by atoms with van der Waals surface area (Å²) in [6.45, 7) is 1.73. The van der Waals surface area contributed by atoms with Crippen LogP contribution in [0.3, 0.4) is 0 Å². The Kier molecular flexibility index (Phi) is 4.21. The van der Waals surface area contributed by atoms with Crippen molar-refractivity contribution < 1.29 is 13.2 Å². The molecule has 1 aliphatic rings. The van der Waals surface area contributed by atoms with Gasteiger partial charge in [-0.1, -0.05) is 36.4 Å². The van der Waals surface area contributed by atoms with Gasteiger partial charge < -0.3 is 5.32 Å². The van der Waals surface area contributed by atoms with Crippen LogP contribution >= 0.6 is 0 Å². The molecule has 2 aromatic carbocycles. The Hall–Kier alpha value is -1.81. The topological polar surface area (TPSA) is 12.0 Å². The van der Waals surface area contributed by atoms with Crippen LogP contribution in [0, 0.1) is 0 Å². The van der Waals surface area contributed by atoms with E-state index in [1.165, 1.54) is 12.1 Å². The Balaban J connectivity index is 2.06. The van der Waals surface area contributed by atoms with Crippen LogP contribution in [-0.2, 0) is 6.18 Å². The molecule has 3 rings (SSSR count). The van der Waals surface area contributed by atoms with E-state index in [1.807, 2.05) is 36.4 Å². The second-order valence-corrected chi connectivity index (χ2v) is 5.73. The zero-order chi connectivity index (χ0) is 15.6. The van der Waals surface area contributed by atoms with E-state index in [-0.39, 0.29) is 5.92 Å². The van der Waals surface area contributed by atoms with Crippen LogP contribution in [0.1, 0.15) is 29.9 Å². The summed E-state index contributed by atoms with van der Waals surface area (Å²) in [6, 6.07) is 13.7. The van der Waals surface area contributed by atoms with Gasteiger partial charge in [0.1, 0.15) is 0 Å². The Morgan fingerprint density at radius 1 is 0.864 bits per heavy atom. The Bertz CT molecular complexity index is 629. The third kappa shape index (κ3) is 3.33. The maximum atomic E-state index is 13.2. The Morgan fingerprint density at radius 3 is 2.18 bits per heavy atom. The highest BCUT2D eigenvalue weighted by atomic mass is 19.4. The molecule has 1 saturated heterocycles. The van der Waals surface area contributed by atoms with E-state index < -0.39 is 11.7 Å². The molecule has 0 unspecified atom stereocenters. The van der Waals surface area contributed by atoms with Crippen molar-refractivity contribution in [1.82, 2.24) is 5.32 Å². The summed E-state index contributed by atoms with van der Waals surface area (Å²) < 4.78 is 39.7.